The highest BCUT2D eigenvalue weighted by molar-refractivity contribution is 7.89. The number of nitrogens with one attached hydrogen (secondary N) is 1. The van der Waals surface area contributed by atoms with Crippen LogP contribution in [0.4, 0.5) is 8.78 Å². The molecule has 0 amide bonds. The summed E-state index contributed by atoms with van der Waals surface area (Å²) in [6.07, 6.45) is -0.511. The number of nitrogens with zero attached hydrogens (tertiary/aromatic N) is 2. The number of nitrogens with two attached hydrogens (primary N) is 1. The van der Waals surface area contributed by atoms with E-state index in [4.69, 9.17) is 5.73 Å². The molecule has 10 heteroatoms. The zero-order valence-electron chi connectivity index (χ0n) is 10.5. The molecule has 3 N–H and O–H groups in total. The van der Waals surface area contributed by atoms with Crippen LogP contribution in [0.3, 0.4) is 0 Å². The summed E-state index contributed by atoms with van der Waals surface area (Å²) in [6.45, 7) is 2.72. The minimum absolute atomic E-state index is 0. The quantitative estimate of drug-likeness (QED) is 0.803. The van der Waals surface area contributed by atoms with Crippen LogP contribution in [0.2, 0.25) is 0 Å². The molecule has 0 aliphatic heterocycles. The van der Waals surface area contributed by atoms with E-state index in [-0.39, 0.29) is 23.8 Å². The zero-order chi connectivity index (χ0) is 14.0. The molecule has 0 saturated carbocycles. The van der Waals surface area contributed by atoms with Crippen molar-refractivity contribution in [3.8, 4) is 0 Å². The first kappa shape index (κ1) is 18.2. The fourth-order valence-electron chi connectivity index (χ4n) is 1.09. The van der Waals surface area contributed by atoms with Crippen molar-refractivity contribution in [2.75, 3.05) is 6.54 Å². The van der Waals surface area contributed by atoms with Crippen molar-refractivity contribution in [2.45, 2.75) is 37.3 Å². The summed E-state index contributed by atoms with van der Waals surface area (Å²) in [7, 11) is -3.77. The smallest absolute Gasteiger partial charge is 0.257 e. The van der Waals surface area contributed by atoms with Gasteiger partial charge in [0.25, 0.3) is 6.43 Å². The van der Waals surface area contributed by atoms with Gasteiger partial charge in [-0.1, -0.05) is 0 Å². The monoisotopic (exact) mass is 318 g/mol. The molecular weight excluding hydrogens is 302 g/mol. The molecule has 112 valence electrons. The van der Waals surface area contributed by atoms with Gasteiger partial charge >= 0.3 is 0 Å². The summed E-state index contributed by atoms with van der Waals surface area (Å²) >= 11 is 0. The fourth-order valence-corrected chi connectivity index (χ4v) is 2.26. The van der Waals surface area contributed by atoms with Crippen LogP contribution in [0, 0.1) is 0 Å². The summed E-state index contributed by atoms with van der Waals surface area (Å²) in [5.41, 5.74) is 4.94. The Morgan fingerprint density at radius 1 is 1.53 bits per heavy atom. The second-order valence-electron chi connectivity index (χ2n) is 4.60. The highest BCUT2D eigenvalue weighted by Gasteiger charge is 2.20. The third-order valence-corrected chi connectivity index (χ3v) is 3.32. The lowest BCUT2D eigenvalue weighted by Crippen LogP contribution is -2.44. The third-order valence-electron chi connectivity index (χ3n) is 1.96. The molecule has 1 aromatic heterocycles. The average Bonchev–Trinajstić information content (AvgIpc) is 2.62. The average molecular weight is 319 g/mol. The van der Waals surface area contributed by atoms with Crippen LogP contribution >= 0.6 is 12.4 Å². The molecule has 0 aliphatic carbocycles. The van der Waals surface area contributed by atoms with E-state index in [0.29, 0.717) is 0 Å². The summed E-state index contributed by atoms with van der Waals surface area (Å²) in [6, 6.07) is 0. The molecule has 0 aromatic carbocycles. The minimum atomic E-state index is -3.77. The van der Waals surface area contributed by atoms with Crippen LogP contribution in [-0.4, -0.2) is 36.7 Å². The summed E-state index contributed by atoms with van der Waals surface area (Å²) < 4.78 is 50.9. The van der Waals surface area contributed by atoms with Gasteiger partial charge in [-0.25, -0.2) is 21.9 Å². The highest BCUT2D eigenvalue weighted by Crippen LogP contribution is 2.09. The summed E-state index contributed by atoms with van der Waals surface area (Å²) in [5, 5.41) is 3.55. The van der Waals surface area contributed by atoms with E-state index in [1.165, 1.54) is 0 Å². The van der Waals surface area contributed by atoms with Crippen molar-refractivity contribution in [3.05, 3.63) is 12.4 Å². The lowest BCUT2D eigenvalue weighted by atomic mass is 10.1. The number of hydrogen-bond donors (Lipinski definition) is 2. The molecule has 19 heavy (non-hydrogen) atoms. The van der Waals surface area contributed by atoms with Crippen LogP contribution in [-0.2, 0) is 16.6 Å². The molecule has 0 saturated heterocycles. The Kier molecular flexibility index (Phi) is 6.33. The Balaban J connectivity index is 0.00000324. The SMILES string of the molecule is CC(C)(N)CNS(=O)(=O)c1cnn(CC(F)F)c1.Cl. The first-order chi connectivity index (χ1) is 8.10. The Morgan fingerprint density at radius 2 is 2.11 bits per heavy atom. The van der Waals surface area contributed by atoms with Gasteiger partial charge in [0.15, 0.2) is 0 Å². The Hall–Kier alpha value is -0.770. The minimum Gasteiger partial charge on any atom is -0.324 e. The first-order valence-electron chi connectivity index (χ1n) is 5.19. The molecule has 0 unspecified atom stereocenters. The molecule has 0 aliphatic rings. The maximum absolute atomic E-state index is 12.1. The van der Waals surface area contributed by atoms with E-state index in [1.54, 1.807) is 13.8 Å². The Bertz CT molecular complexity index is 499. The van der Waals surface area contributed by atoms with Crippen molar-refractivity contribution in [1.29, 1.82) is 0 Å². The summed E-state index contributed by atoms with van der Waals surface area (Å²) in [5.74, 6) is 0. The molecule has 0 bridgehead atoms. The summed E-state index contributed by atoms with van der Waals surface area (Å²) in [4.78, 5) is -0.160. The molecule has 0 radical (unpaired) electrons. The molecule has 0 spiro atoms. The van der Waals surface area contributed by atoms with E-state index in [0.717, 1.165) is 17.1 Å². The van der Waals surface area contributed by atoms with Crippen LogP contribution < -0.4 is 10.5 Å². The molecule has 1 aromatic rings. The number of halogens is 3. The number of aromatic nitrogens is 2. The molecular formula is C9H17ClF2N4O2S. The lowest BCUT2D eigenvalue weighted by Gasteiger charge is -2.18. The van der Waals surface area contributed by atoms with Gasteiger partial charge in [0.2, 0.25) is 10.0 Å². The largest absolute Gasteiger partial charge is 0.324 e. The molecule has 6 nitrogen and oxygen atoms in total. The lowest BCUT2D eigenvalue weighted by molar-refractivity contribution is 0.121. The van der Waals surface area contributed by atoms with E-state index in [9.17, 15) is 17.2 Å². The van der Waals surface area contributed by atoms with E-state index in [2.05, 4.69) is 9.82 Å². The molecule has 1 rings (SSSR count). The van der Waals surface area contributed by atoms with Crippen molar-refractivity contribution < 1.29 is 17.2 Å². The Labute approximate surface area is 116 Å². The van der Waals surface area contributed by atoms with Crippen molar-refractivity contribution in [2.24, 2.45) is 5.73 Å². The topological polar surface area (TPSA) is 90.0 Å². The van der Waals surface area contributed by atoms with Crippen molar-refractivity contribution >= 4 is 22.4 Å². The molecule has 0 fully saturated rings. The Morgan fingerprint density at radius 3 is 2.58 bits per heavy atom. The maximum Gasteiger partial charge on any atom is 0.257 e. The van der Waals surface area contributed by atoms with Gasteiger partial charge in [-0.15, -0.1) is 12.4 Å². The number of rotatable bonds is 6. The fraction of sp³-hybridized carbons (Fsp3) is 0.667. The predicted molar refractivity (Wildman–Crippen MR) is 68.9 cm³/mol. The van der Waals surface area contributed by atoms with Crippen molar-refractivity contribution in [1.82, 2.24) is 14.5 Å². The van der Waals surface area contributed by atoms with Gasteiger partial charge in [-0.2, -0.15) is 5.10 Å². The van der Waals surface area contributed by atoms with Gasteiger partial charge in [-0.3, -0.25) is 4.68 Å². The molecule has 0 atom stereocenters. The van der Waals surface area contributed by atoms with E-state index >= 15 is 0 Å². The normalized spacial score (nSPS) is 12.5. The third kappa shape index (κ3) is 6.28. The standard InChI is InChI=1S/C9H16F2N4O2S.ClH/c1-9(2,12)6-14-18(16,17)7-3-13-15(4-7)5-8(10)11;/h3-4,8,14H,5-6,12H2,1-2H3;1H. The maximum atomic E-state index is 12.1. The molecule has 1 heterocycles. The van der Waals surface area contributed by atoms with Gasteiger partial charge in [0, 0.05) is 18.3 Å². The van der Waals surface area contributed by atoms with E-state index < -0.39 is 28.5 Å². The highest BCUT2D eigenvalue weighted by atomic mass is 35.5. The second kappa shape index (κ2) is 6.60. The number of sulfonamides is 1. The van der Waals surface area contributed by atoms with Crippen LogP contribution in [0.5, 0.6) is 0 Å². The van der Waals surface area contributed by atoms with Crippen LogP contribution in [0.1, 0.15) is 13.8 Å². The first-order valence-corrected chi connectivity index (χ1v) is 6.68. The zero-order valence-corrected chi connectivity index (χ0v) is 12.1. The van der Waals surface area contributed by atoms with Crippen LogP contribution in [0.15, 0.2) is 17.3 Å². The van der Waals surface area contributed by atoms with Gasteiger partial charge in [-0.05, 0) is 13.8 Å². The van der Waals surface area contributed by atoms with Crippen LogP contribution in [0.25, 0.3) is 0 Å². The van der Waals surface area contributed by atoms with E-state index in [1.807, 2.05) is 0 Å². The predicted octanol–water partition coefficient (Wildman–Crippen LogP) is 0.586. The number of hydrogen-bond acceptors (Lipinski definition) is 4. The van der Waals surface area contributed by atoms with Crippen molar-refractivity contribution in [3.63, 3.8) is 0 Å². The van der Waals surface area contributed by atoms with Gasteiger partial charge in [0.05, 0.1) is 6.20 Å². The second-order valence-corrected chi connectivity index (χ2v) is 6.37. The van der Waals surface area contributed by atoms with Gasteiger partial charge < -0.3 is 5.73 Å². The number of alkyl halides is 2. The van der Waals surface area contributed by atoms with Gasteiger partial charge in [0.1, 0.15) is 11.4 Å².